The highest BCUT2D eigenvalue weighted by atomic mass is 16.4. The van der Waals surface area contributed by atoms with Crippen LogP contribution in [-0.2, 0) is 4.79 Å². The van der Waals surface area contributed by atoms with Gasteiger partial charge in [0.05, 0.1) is 0 Å². The molecule has 0 unspecified atom stereocenters. The molecule has 2 fully saturated rings. The van der Waals surface area contributed by atoms with Gasteiger partial charge in [0.25, 0.3) is 0 Å². The van der Waals surface area contributed by atoms with Crippen LogP contribution in [0.3, 0.4) is 0 Å². The van der Waals surface area contributed by atoms with Gasteiger partial charge in [-0.25, -0.2) is 9.97 Å². The fourth-order valence-electron chi connectivity index (χ4n) is 4.10. The molecule has 1 aromatic heterocycles. The summed E-state index contributed by atoms with van der Waals surface area (Å²) >= 11 is 0. The van der Waals surface area contributed by atoms with Gasteiger partial charge in [-0.3, -0.25) is 9.69 Å². The van der Waals surface area contributed by atoms with Gasteiger partial charge in [0.2, 0.25) is 0 Å². The SMILES string of the molecule is CCCN1CC2(CCN(c3ccnc(C)n3)CC2)C[C@@H]1C(=O)O. The van der Waals surface area contributed by atoms with Crippen molar-refractivity contribution in [2.24, 2.45) is 5.41 Å². The lowest BCUT2D eigenvalue weighted by atomic mass is 9.76. The van der Waals surface area contributed by atoms with Gasteiger partial charge in [-0.15, -0.1) is 0 Å². The summed E-state index contributed by atoms with van der Waals surface area (Å²) in [5, 5.41) is 9.52. The van der Waals surface area contributed by atoms with Gasteiger partial charge in [0.1, 0.15) is 17.7 Å². The molecule has 23 heavy (non-hydrogen) atoms. The fourth-order valence-corrected chi connectivity index (χ4v) is 4.10. The second kappa shape index (κ2) is 6.43. The van der Waals surface area contributed by atoms with Crippen LogP contribution in [0.1, 0.15) is 38.4 Å². The monoisotopic (exact) mass is 318 g/mol. The van der Waals surface area contributed by atoms with Crippen LogP contribution in [0.2, 0.25) is 0 Å². The lowest BCUT2D eigenvalue weighted by Crippen LogP contribution is -2.42. The second-order valence-corrected chi connectivity index (χ2v) is 6.98. The number of carboxylic acids is 1. The molecule has 6 nitrogen and oxygen atoms in total. The van der Waals surface area contributed by atoms with Gasteiger partial charge >= 0.3 is 5.97 Å². The molecule has 6 heteroatoms. The Morgan fingerprint density at radius 1 is 1.43 bits per heavy atom. The van der Waals surface area contributed by atoms with Crippen molar-refractivity contribution in [1.82, 2.24) is 14.9 Å². The van der Waals surface area contributed by atoms with Gasteiger partial charge in [-0.05, 0) is 50.6 Å². The number of aromatic nitrogens is 2. The second-order valence-electron chi connectivity index (χ2n) is 6.98. The Hall–Kier alpha value is -1.69. The molecule has 126 valence electrons. The van der Waals surface area contributed by atoms with E-state index in [-0.39, 0.29) is 11.5 Å². The molecule has 0 amide bonds. The van der Waals surface area contributed by atoms with E-state index in [0.717, 1.165) is 63.5 Å². The molecule has 1 spiro atoms. The van der Waals surface area contributed by atoms with Crippen molar-refractivity contribution < 1.29 is 9.90 Å². The Morgan fingerprint density at radius 2 is 2.17 bits per heavy atom. The number of hydrogen-bond acceptors (Lipinski definition) is 5. The summed E-state index contributed by atoms with van der Waals surface area (Å²) in [7, 11) is 0. The van der Waals surface area contributed by atoms with E-state index in [9.17, 15) is 9.90 Å². The van der Waals surface area contributed by atoms with Gasteiger partial charge < -0.3 is 10.0 Å². The summed E-state index contributed by atoms with van der Waals surface area (Å²) < 4.78 is 0. The number of carbonyl (C=O) groups is 1. The van der Waals surface area contributed by atoms with E-state index >= 15 is 0 Å². The van der Waals surface area contributed by atoms with Crippen molar-refractivity contribution in [3.8, 4) is 0 Å². The normalized spacial score (nSPS) is 24.3. The maximum absolute atomic E-state index is 11.6. The van der Waals surface area contributed by atoms with Crippen LogP contribution in [0, 0.1) is 12.3 Å². The molecule has 2 aliphatic rings. The smallest absolute Gasteiger partial charge is 0.320 e. The van der Waals surface area contributed by atoms with Crippen molar-refractivity contribution in [2.45, 2.75) is 45.6 Å². The molecule has 1 aromatic rings. The highest BCUT2D eigenvalue weighted by Gasteiger charge is 2.47. The number of likely N-dealkylation sites (tertiary alicyclic amines) is 1. The van der Waals surface area contributed by atoms with Crippen molar-refractivity contribution in [3.05, 3.63) is 18.1 Å². The summed E-state index contributed by atoms with van der Waals surface area (Å²) in [6, 6.07) is 1.66. The molecule has 2 saturated heterocycles. The van der Waals surface area contributed by atoms with Gasteiger partial charge in [-0.2, -0.15) is 0 Å². The Morgan fingerprint density at radius 3 is 2.78 bits per heavy atom. The summed E-state index contributed by atoms with van der Waals surface area (Å²) in [6.45, 7) is 7.73. The van der Waals surface area contributed by atoms with Crippen molar-refractivity contribution in [3.63, 3.8) is 0 Å². The number of hydrogen-bond donors (Lipinski definition) is 1. The van der Waals surface area contributed by atoms with E-state index in [4.69, 9.17) is 0 Å². The molecule has 1 N–H and O–H groups in total. The number of aliphatic carboxylic acids is 1. The summed E-state index contributed by atoms with van der Waals surface area (Å²) in [5.41, 5.74) is 0.163. The van der Waals surface area contributed by atoms with Crippen LogP contribution < -0.4 is 4.90 Å². The molecule has 0 saturated carbocycles. The topological polar surface area (TPSA) is 69.6 Å². The number of rotatable bonds is 4. The molecule has 1 atom stereocenters. The Labute approximate surface area is 137 Å². The maximum Gasteiger partial charge on any atom is 0.320 e. The Bertz CT molecular complexity index is 569. The minimum atomic E-state index is -0.663. The molecule has 0 bridgehead atoms. The third-order valence-corrected chi connectivity index (χ3v) is 5.31. The molecule has 0 aliphatic carbocycles. The first-order valence-corrected chi connectivity index (χ1v) is 8.54. The minimum absolute atomic E-state index is 0.163. The van der Waals surface area contributed by atoms with Crippen LogP contribution in [0.5, 0.6) is 0 Å². The first-order valence-electron chi connectivity index (χ1n) is 8.54. The van der Waals surface area contributed by atoms with Crippen LogP contribution in [0.25, 0.3) is 0 Å². The van der Waals surface area contributed by atoms with Gasteiger partial charge in [0.15, 0.2) is 0 Å². The zero-order chi connectivity index (χ0) is 16.4. The van der Waals surface area contributed by atoms with E-state index in [1.165, 1.54) is 0 Å². The van der Waals surface area contributed by atoms with Crippen LogP contribution >= 0.6 is 0 Å². The quantitative estimate of drug-likeness (QED) is 0.915. The highest BCUT2D eigenvalue weighted by Crippen LogP contribution is 2.44. The summed E-state index contributed by atoms with van der Waals surface area (Å²) in [5.74, 6) is 1.12. The Balaban J connectivity index is 1.67. The Kier molecular flexibility index (Phi) is 4.53. The minimum Gasteiger partial charge on any atom is -0.480 e. The third-order valence-electron chi connectivity index (χ3n) is 5.31. The number of piperidine rings is 1. The fraction of sp³-hybridized carbons (Fsp3) is 0.706. The molecule has 2 aliphatic heterocycles. The summed E-state index contributed by atoms with van der Waals surface area (Å²) in [6.07, 6.45) is 5.69. The van der Waals surface area contributed by atoms with Crippen LogP contribution in [0.15, 0.2) is 12.3 Å². The van der Waals surface area contributed by atoms with E-state index in [1.54, 1.807) is 6.20 Å². The lowest BCUT2D eigenvalue weighted by molar-refractivity contribution is -0.142. The predicted octanol–water partition coefficient (Wildman–Crippen LogP) is 1.94. The van der Waals surface area contributed by atoms with Crippen molar-refractivity contribution in [1.29, 1.82) is 0 Å². The van der Waals surface area contributed by atoms with Crippen LogP contribution in [-0.4, -0.2) is 58.2 Å². The maximum atomic E-state index is 11.6. The zero-order valence-electron chi connectivity index (χ0n) is 14.0. The van der Waals surface area contributed by atoms with Gasteiger partial charge in [0, 0.05) is 25.8 Å². The predicted molar refractivity (Wildman–Crippen MR) is 88.6 cm³/mol. The summed E-state index contributed by atoms with van der Waals surface area (Å²) in [4.78, 5) is 24.7. The molecular weight excluding hydrogens is 292 g/mol. The zero-order valence-corrected chi connectivity index (χ0v) is 14.0. The van der Waals surface area contributed by atoms with E-state index in [2.05, 4.69) is 26.7 Å². The molecule has 3 heterocycles. The molecule has 0 aromatic carbocycles. The molecule has 0 radical (unpaired) electrons. The van der Waals surface area contributed by atoms with Crippen molar-refractivity contribution >= 4 is 11.8 Å². The van der Waals surface area contributed by atoms with Gasteiger partial charge in [-0.1, -0.05) is 6.92 Å². The van der Waals surface area contributed by atoms with E-state index in [1.807, 2.05) is 13.0 Å². The first-order chi connectivity index (χ1) is 11.0. The molecule has 3 rings (SSSR count). The number of carboxylic acid groups (broad SMARTS) is 1. The van der Waals surface area contributed by atoms with Crippen molar-refractivity contribution in [2.75, 3.05) is 31.1 Å². The lowest BCUT2D eigenvalue weighted by Gasteiger charge is -2.40. The van der Waals surface area contributed by atoms with Crippen LogP contribution in [0.4, 0.5) is 5.82 Å². The van der Waals surface area contributed by atoms with E-state index < -0.39 is 5.97 Å². The number of nitrogens with zero attached hydrogens (tertiary/aromatic N) is 4. The van der Waals surface area contributed by atoms with E-state index in [0.29, 0.717) is 0 Å². The highest BCUT2D eigenvalue weighted by molar-refractivity contribution is 5.74. The number of aryl methyl sites for hydroxylation is 1. The first kappa shape index (κ1) is 16.2. The molecular formula is C17H26N4O2. The average molecular weight is 318 g/mol. The third kappa shape index (κ3) is 3.32. The largest absolute Gasteiger partial charge is 0.480 e. The average Bonchev–Trinajstić information content (AvgIpc) is 2.87. The number of anilines is 1. The standard InChI is InChI=1S/C17H26N4O2/c1-3-8-21-12-17(11-14(21)16(22)23)5-9-20(10-6-17)15-4-7-18-13(2)19-15/h4,7,14H,3,5-6,8-12H2,1-2H3,(H,22,23)/t14-/m1/s1.